The zero-order valence-electron chi connectivity index (χ0n) is 26.5. The van der Waals surface area contributed by atoms with Crippen LogP contribution in [0.4, 0.5) is 4.79 Å². The zero-order chi connectivity index (χ0) is 28.5. The minimum atomic E-state index is -0.347. The summed E-state index contributed by atoms with van der Waals surface area (Å²) < 4.78 is 5.52. The molecule has 0 bridgehead atoms. The number of hydrogen-bond acceptors (Lipinski definition) is 4. The van der Waals surface area contributed by atoms with E-state index in [4.69, 9.17) is 4.74 Å². The van der Waals surface area contributed by atoms with E-state index in [1.807, 2.05) is 0 Å². The lowest BCUT2D eigenvalue weighted by atomic mass is 9.83. The van der Waals surface area contributed by atoms with Gasteiger partial charge in [-0.3, -0.25) is 4.79 Å². The zero-order valence-corrected chi connectivity index (χ0v) is 27.3. The molecule has 1 saturated heterocycles. The lowest BCUT2D eigenvalue weighted by Gasteiger charge is -2.29. The van der Waals surface area contributed by atoms with Crippen LogP contribution in [0.1, 0.15) is 142 Å². The lowest BCUT2D eigenvalue weighted by molar-refractivity contribution is -0.127. The Morgan fingerprint density at radius 3 is 1.83 bits per heavy atom. The fraction of sp³-hybridized carbons (Fsp3) is 0.882. The van der Waals surface area contributed by atoms with Crippen molar-refractivity contribution in [3.05, 3.63) is 12.2 Å². The number of carbonyl (C=O) groups excluding carboxylic acids is 2. The number of likely N-dealkylation sites (tertiary alicyclic amines) is 1. The highest BCUT2D eigenvalue weighted by Gasteiger charge is 2.29. The molecule has 240 valence electrons. The first-order valence-corrected chi connectivity index (χ1v) is 17.3. The minimum absolute atomic E-state index is 0. The second-order valence-corrected chi connectivity index (χ2v) is 12.3. The maximum atomic E-state index is 12.8. The Morgan fingerprint density at radius 1 is 0.707 bits per heavy atom. The Hall–Kier alpha value is -1.27. The SMILES string of the molecule is CCCCCCCCCCCCCCCCCCNC(=O)OCC1CC=CCC1C(=O)NCCN1CCCCC1.Cl. The van der Waals surface area contributed by atoms with Gasteiger partial charge in [0.15, 0.2) is 0 Å². The van der Waals surface area contributed by atoms with Crippen molar-refractivity contribution in [2.45, 2.75) is 142 Å². The van der Waals surface area contributed by atoms with Crippen LogP contribution in [-0.2, 0) is 9.53 Å². The molecule has 1 fully saturated rings. The average molecular weight is 598 g/mol. The van der Waals surface area contributed by atoms with Gasteiger partial charge in [-0.15, -0.1) is 12.4 Å². The highest BCUT2D eigenvalue weighted by atomic mass is 35.5. The maximum Gasteiger partial charge on any atom is 0.407 e. The number of nitrogens with zero attached hydrogens (tertiary/aromatic N) is 1. The monoisotopic (exact) mass is 597 g/mol. The maximum absolute atomic E-state index is 12.8. The molecule has 6 nitrogen and oxygen atoms in total. The van der Waals surface area contributed by atoms with Gasteiger partial charge < -0.3 is 20.3 Å². The third kappa shape index (κ3) is 19.5. The van der Waals surface area contributed by atoms with E-state index in [-0.39, 0.29) is 36.2 Å². The Kier molecular flexibility index (Phi) is 24.3. The van der Waals surface area contributed by atoms with Crippen molar-refractivity contribution < 1.29 is 14.3 Å². The first kappa shape index (κ1) is 37.8. The van der Waals surface area contributed by atoms with Gasteiger partial charge in [-0.2, -0.15) is 0 Å². The van der Waals surface area contributed by atoms with Crippen molar-refractivity contribution in [1.82, 2.24) is 15.5 Å². The molecule has 2 N–H and O–H groups in total. The molecule has 0 aromatic rings. The molecule has 2 atom stereocenters. The van der Waals surface area contributed by atoms with E-state index in [0.717, 1.165) is 45.3 Å². The number of carbonyl (C=O) groups is 2. The molecule has 41 heavy (non-hydrogen) atoms. The van der Waals surface area contributed by atoms with E-state index < -0.39 is 0 Å². The largest absolute Gasteiger partial charge is 0.449 e. The molecule has 1 aliphatic heterocycles. The average Bonchev–Trinajstić information content (AvgIpc) is 2.98. The van der Waals surface area contributed by atoms with Crippen molar-refractivity contribution in [3.63, 3.8) is 0 Å². The smallest absolute Gasteiger partial charge is 0.407 e. The van der Waals surface area contributed by atoms with E-state index in [0.29, 0.717) is 19.7 Å². The molecule has 0 aromatic heterocycles. The summed E-state index contributed by atoms with van der Waals surface area (Å²) in [5.74, 6) is 0.0456. The molecule has 0 saturated carbocycles. The lowest BCUT2D eigenvalue weighted by Crippen LogP contribution is -2.42. The number of rotatable bonds is 23. The summed E-state index contributed by atoms with van der Waals surface area (Å²) in [5, 5.41) is 6.03. The number of ether oxygens (including phenoxy) is 1. The second kappa shape index (κ2) is 26.4. The summed E-state index contributed by atoms with van der Waals surface area (Å²) in [6.07, 6.45) is 30.8. The van der Waals surface area contributed by atoms with Crippen molar-refractivity contribution in [3.8, 4) is 0 Å². The Labute approximate surface area is 259 Å². The first-order valence-electron chi connectivity index (χ1n) is 17.3. The Morgan fingerprint density at radius 2 is 1.24 bits per heavy atom. The number of hydrogen-bond donors (Lipinski definition) is 2. The topological polar surface area (TPSA) is 70.7 Å². The number of amides is 2. The standard InChI is InChI=1S/C34H63N3O3.ClH/c1-2-3-4-5-6-7-8-9-10-11-12-13-14-15-16-20-25-36-34(39)40-30-31-23-18-19-24-32(31)33(38)35-26-29-37-27-21-17-22-28-37;/h18-19,31-32H,2-17,20-30H2,1H3,(H,35,38)(H,36,39);1H. The van der Waals surface area contributed by atoms with Crippen LogP contribution < -0.4 is 10.6 Å². The van der Waals surface area contributed by atoms with Gasteiger partial charge in [0.2, 0.25) is 5.91 Å². The Balaban J connectivity index is 0.00000840. The molecule has 2 amide bonds. The summed E-state index contributed by atoms with van der Waals surface area (Å²) in [7, 11) is 0. The van der Waals surface area contributed by atoms with Crippen LogP contribution in [0.15, 0.2) is 12.2 Å². The fourth-order valence-corrected chi connectivity index (χ4v) is 6.12. The Bertz CT molecular complexity index is 670. The van der Waals surface area contributed by atoms with Crippen molar-refractivity contribution in [1.29, 1.82) is 0 Å². The molecule has 0 radical (unpaired) electrons. The van der Waals surface area contributed by atoms with Crippen LogP contribution in [0.3, 0.4) is 0 Å². The predicted octanol–water partition coefficient (Wildman–Crippen LogP) is 8.58. The summed E-state index contributed by atoms with van der Waals surface area (Å²) in [5.41, 5.74) is 0. The number of piperidine rings is 1. The van der Waals surface area contributed by atoms with E-state index in [1.54, 1.807) is 0 Å². The van der Waals surface area contributed by atoms with Crippen LogP contribution in [-0.4, -0.2) is 56.2 Å². The molecule has 2 rings (SSSR count). The highest BCUT2D eigenvalue weighted by molar-refractivity contribution is 5.85. The third-order valence-electron chi connectivity index (χ3n) is 8.81. The number of halogens is 1. The molecule has 1 aliphatic carbocycles. The first-order chi connectivity index (χ1) is 19.7. The van der Waals surface area contributed by atoms with E-state index >= 15 is 0 Å². The summed E-state index contributed by atoms with van der Waals surface area (Å²) in [4.78, 5) is 27.5. The van der Waals surface area contributed by atoms with Gasteiger partial charge >= 0.3 is 6.09 Å². The van der Waals surface area contributed by atoms with Crippen LogP contribution >= 0.6 is 12.4 Å². The minimum Gasteiger partial charge on any atom is -0.449 e. The normalized spacial score (nSPS) is 19.0. The van der Waals surface area contributed by atoms with Gasteiger partial charge in [0.1, 0.15) is 0 Å². The summed E-state index contributed by atoms with van der Waals surface area (Å²) in [6.45, 7) is 7.18. The van der Waals surface area contributed by atoms with Gasteiger partial charge in [0.05, 0.1) is 6.61 Å². The van der Waals surface area contributed by atoms with Gasteiger partial charge in [-0.1, -0.05) is 122 Å². The van der Waals surface area contributed by atoms with Crippen molar-refractivity contribution >= 4 is 24.4 Å². The van der Waals surface area contributed by atoms with Crippen LogP contribution in [0.5, 0.6) is 0 Å². The molecule has 1 heterocycles. The fourth-order valence-electron chi connectivity index (χ4n) is 6.12. The highest BCUT2D eigenvalue weighted by Crippen LogP contribution is 2.26. The molecular formula is C34H64ClN3O3. The van der Waals surface area contributed by atoms with Crippen molar-refractivity contribution in [2.24, 2.45) is 11.8 Å². The molecule has 2 aliphatic rings. The molecule has 2 unspecified atom stereocenters. The van der Waals surface area contributed by atoms with E-state index in [9.17, 15) is 9.59 Å². The van der Waals surface area contributed by atoms with Gasteiger partial charge in [0.25, 0.3) is 0 Å². The van der Waals surface area contributed by atoms with Gasteiger partial charge in [-0.05, 0) is 45.2 Å². The van der Waals surface area contributed by atoms with Gasteiger partial charge in [0, 0.05) is 31.5 Å². The van der Waals surface area contributed by atoms with Gasteiger partial charge in [-0.25, -0.2) is 4.79 Å². The number of nitrogens with one attached hydrogen (secondary N) is 2. The molecule has 0 aromatic carbocycles. The van der Waals surface area contributed by atoms with Crippen LogP contribution in [0.25, 0.3) is 0 Å². The van der Waals surface area contributed by atoms with Crippen LogP contribution in [0, 0.1) is 11.8 Å². The third-order valence-corrected chi connectivity index (χ3v) is 8.81. The van der Waals surface area contributed by atoms with E-state index in [1.165, 1.54) is 109 Å². The summed E-state index contributed by atoms with van der Waals surface area (Å²) >= 11 is 0. The number of alkyl carbamates (subject to hydrolysis) is 1. The second-order valence-electron chi connectivity index (χ2n) is 12.3. The van der Waals surface area contributed by atoms with E-state index in [2.05, 4.69) is 34.6 Å². The molecule has 0 spiro atoms. The molecule has 7 heteroatoms. The number of allylic oxidation sites excluding steroid dienone is 2. The van der Waals surface area contributed by atoms with Crippen LogP contribution in [0.2, 0.25) is 0 Å². The molecular weight excluding hydrogens is 534 g/mol. The quantitative estimate of drug-likeness (QED) is 0.0914. The number of unbranched alkanes of at least 4 members (excludes halogenated alkanes) is 15. The summed E-state index contributed by atoms with van der Waals surface area (Å²) in [6, 6.07) is 0. The predicted molar refractivity (Wildman–Crippen MR) is 175 cm³/mol. The van der Waals surface area contributed by atoms with Crippen molar-refractivity contribution in [2.75, 3.05) is 39.3 Å².